The van der Waals surface area contributed by atoms with E-state index in [1.807, 2.05) is 37.3 Å². The highest BCUT2D eigenvalue weighted by Crippen LogP contribution is 2.46. The number of nitrogens with two attached hydrogens (primary N) is 1. The lowest BCUT2D eigenvalue weighted by Crippen LogP contribution is -2.58. The van der Waals surface area contributed by atoms with Crippen LogP contribution in [0, 0.1) is 5.92 Å². The van der Waals surface area contributed by atoms with Crippen LogP contribution in [-0.2, 0) is 25.7 Å². The molecule has 1 amide bonds. The molecule has 2 aliphatic heterocycles. The number of benzene rings is 2. The number of piperidine rings is 1. The third-order valence-corrected chi connectivity index (χ3v) is 6.49. The summed E-state index contributed by atoms with van der Waals surface area (Å²) in [5.41, 5.74) is 10.1. The van der Waals surface area contributed by atoms with E-state index in [9.17, 15) is 19.8 Å². The van der Waals surface area contributed by atoms with Crippen molar-refractivity contribution in [1.82, 2.24) is 10.2 Å². The van der Waals surface area contributed by atoms with Gasteiger partial charge in [-0.15, -0.1) is 0 Å². The number of epoxide rings is 1. The van der Waals surface area contributed by atoms with Crippen LogP contribution in [0.2, 0.25) is 0 Å². The number of hydrogen-bond acceptors (Lipinski definition) is 10. The second-order valence-electron chi connectivity index (χ2n) is 9.20. The van der Waals surface area contributed by atoms with Gasteiger partial charge in [-0.25, -0.2) is 14.4 Å². The molecule has 0 radical (unpaired) electrons. The molecule has 2 aromatic carbocycles. The van der Waals surface area contributed by atoms with Gasteiger partial charge in [-0.3, -0.25) is 5.48 Å². The zero-order valence-corrected chi connectivity index (χ0v) is 20.1. The molecule has 4 rings (SSSR count). The van der Waals surface area contributed by atoms with Gasteiger partial charge in [-0.05, 0) is 50.6 Å². The number of nitrogen functional groups attached to an aromatic ring is 1. The van der Waals surface area contributed by atoms with E-state index in [1.54, 1.807) is 24.3 Å². The van der Waals surface area contributed by atoms with Crippen molar-refractivity contribution in [3.05, 3.63) is 60.2 Å². The minimum Gasteiger partial charge on any atom is -0.445 e. The van der Waals surface area contributed by atoms with Gasteiger partial charge in [-0.2, -0.15) is 0 Å². The minimum atomic E-state index is -2.45. The maximum Gasteiger partial charge on any atom is 0.407 e. The molecule has 0 aliphatic carbocycles. The zero-order valence-electron chi connectivity index (χ0n) is 20.1. The Morgan fingerprint density at radius 1 is 1.22 bits per heavy atom. The van der Waals surface area contributed by atoms with Crippen LogP contribution in [-0.4, -0.2) is 64.4 Å². The summed E-state index contributed by atoms with van der Waals surface area (Å²) in [4.78, 5) is 31.5. The lowest BCUT2D eigenvalue weighted by Gasteiger charge is -2.41. The fourth-order valence-electron chi connectivity index (χ4n) is 4.39. The van der Waals surface area contributed by atoms with Gasteiger partial charge in [0.2, 0.25) is 0 Å². The number of ether oxygens (including phenoxy) is 2. The fraction of sp³-hybridized carbons (Fsp3) is 0.440. The summed E-state index contributed by atoms with van der Waals surface area (Å²) in [6.07, 6.45) is 0.320. The molecule has 0 saturated carbocycles. The van der Waals surface area contributed by atoms with Crippen molar-refractivity contribution in [2.45, 2.75) is 44.0 Å². The number of carbonyl (C=O) groups is 2. The van der Waals surface area contributed by atoms with E-state index in [0.717, 1.165) is 5.56 Å². The minimum absolute atomic E-state index is 0.180. The van der Waals surface area contributed by atoms with Crippen LogP contribution < -0.4 is 16.5 Å². The van der Waals surface area contributed by atoms with E-state index < -0.39 is 29.6 Å². The molecule has 6 N–H and O–H groups in total. The van der Waals surface area contributed by atoms with Crippen molar-refractivity contribution < 1.29 is 34.1 Å². The normalized spacial score (nSPS) is 22.7. The molecular formula is C25H32N4O7. The fourth-order valence-corrected chi connectivity index (χ4v) is 4.39. The number of rotatable bonds is 10. The Morgan fingerprint density at radius 2 is 1.86 bits per heavy atom. The number of alkyl carbamates (subject to hydrolysis) is 1. The summed E-state index contributed by atoms with van der Waals surface area (Å²) in [5.74, 6) is -6.33. The SMILES string of the molecule is C[C@H](CN1CCC([C@@](O)(ONc2ccccc2N)[C@@]2(O)OC2=O)CC1)NC(=O)OCc1ccccc1. The zero-order chi connectivity index (χ0) is 25.8. The molecule has 2 aliphatic rings. The van der Waals surface area contributed by atoms with Gasteiger partial charge in [-0.1, -0.05) is 42.5 Å². The molecule has 3 atom stereocenters. The van der Waals surface area contributed by atoms with Crippen molar-refractivity contribution in [1.29, 1.82) is 0 Å². The molecule has 36 heavy (non-hydrogen) atoms. The standard InChI is InChI=1S/C25H32N4O7/c1-17(27-23(31)34-16-18-7-3-2-4-8-18)15-29-13-11-19(12-14-29)24(32,25(33)22(30)35-25)36-28-21-10-6-5-9-20(21)26/h2-10,17,19,28,32-33H,11-16,26H2,1H3,(H,27,31)/t17-,24-,25+/m1/s1. The molecule has 11 heteroatoms. The Labute approximate surface area is 209 Å². The molecular weight excluding hydrogens is 468 g/mol. The molecule has 0 unspecified atom stereocenters. The number of hydrogen-bond donors (Lipinski definition) is 5. The van der Waals surface area contributed by atoms with Crippen molar-refractivity contribution in [2.75, 3.05) is 30.8 Å². The first-order valence-corrected chi connectivity index (χ1v) is 11.9. The third kappa shape index (κ3) is 5.71. The van der Waals surface area contributed by atoms with E-state index in [0.29, 0.717) is 43.9 Å². The van der Waals surface area contributed by atoms with Crippen LogP contribution in [0.3, 0.4) is 0 Å². The Balaban J connectivity index is 1.27. The average molecular weight is 501 g/mol. The average Bonchev–Trinajstić information content (AvgIpc) is 3.50. The number of anilines is 2. The number of nitrogens with one attached hydrogen (secondary N) is 2. The van der Waals surface area contributed by atoms with E-state index in [-0.39, 0.29) is 12.6 Å². The highest BCUT2D eigenvalue weighted by atomic mass is 16.8. The second kappa shape index (κ2) is 10.7. The van der Waals surface area contributed by atoms with Gasteiger partial charge in [0, 0.05) is 18.5 Å². The Hall–Kier alpha value is -3.38. The Morgan fingerprint density at radius 3 is 2.50 bits per heavy atom. The topological polar surface area (TPSA) is 159 Å². The highest BCUT2D eigenvalue weighted by molar-refractivity contribution is 5.92. The summed E-state index contributed by atoms with van der Waals surface area (Å²) in [6.45, 7) is 3.71. The summed E-state index contributed by atoms with van der Waals surface area (Å²) in [6, 6.07) is 16.0. The van der Waals surface area contributed by atoms with Gasteiger partial charge < -0.3 is 35.6 Å². The molecule has 194 valence electrons. The molecule has 2 fully saturated rings. The quantitative estimate of drug-likeness (QED) is 0.140. The lowest BCUT2D eigenvalue weighted by molar-refractivity contribution is -0.313. The highest BCUT2D eigenvalue weighted by Gasteiger charge is 2.75. The first-order chi connectivity index (χ1) is 17.2. The number of nitrogens with zero attached hydrogens (tertiary/aromatic N) is 1. The first-order valence-electron chi connectivity index (χ1n) is 11.9. The van der Waals surface area contributed by atoms with Gasteiger partial charge in [0.25, 0.3) is 5.79 Å². The summed E-state index contributed by atoms with van der Waals surface area (Å²) in [7, 11) is 0. The number of amides is 1. The second-order valence-corrected chi connectivity index (χ2v) is 9.20. The van der Waals surface area contributed by atoms with Gasteiger partial charge in [0.1, 0.15) is 6.61 Å². The van der Waals surface area contributed by atoms with E-state index in [1.165, 1.54) is 0 Å². The van der Waals surface area contributed by atoms with Crippen molar-refractivity contribution in [2.24, 2.45) is 5.92 Å². The van der Waals surface area contributed by atoms with Crippen LogP contribution in [0.1, 0.15) is 25.3 Å². The largest absolute Gasteiger partial charge is 0.445 e. The Bertz CT molecular complexity index is 1060. The molecule has 2 aromatic rings. The molecule has 2 heterocycles. The van der Waals surface area contributed by atoms with Gasteiger partial charge >= 0.3 is 17.8 Å². The number of carbonyl (C=O) groups excluding carboxylic acids is 2. The van der Waals surface area contributed by atoms with E-state index >= 15 is 0 Å². The van der Waals surface area contributed by atoms with Crippen LogP contribution in [0.5, 0.6) is 0 Å². The molecule has 0 aromatic heterocycles. The molecule has 0 bridgehead atoms. The predicted molar refractivity (Wildman–Crippen MR) is 130 cm³/mol. The summed E-state index contributed by atoms with van der Waals surface area (Å²) in [5, 5.41) is 24.7. The van der Waals surface area contributed by atoms with Crippen LogP contribution in [0.15, 0.2) is 54.6 Å². The van der Waals surface area contributed by atoms with Crippen molar-refractivity contribution in [3.63, 3.8) is 0 Å². The van der Waals surface area contributed by atoms with Crippen molar-refractivity contribution in [3.8, 4) is 0 Å². The molecule has 2 saturated heterocycles. The smallest absolute Gasteiger partial charge is 0.407 e. The summed E-state index contributed by atoms with van der Waals surface area (Å²) < 4.78 is 10.00. The lowest BCUT2D eigenvalue weighted by atomic mass is 9.85. The number of aliphatic hydroxyl groups is 2. The number of para-hydroxylation sites is 2. The summed E-state index contributed by atoms with van der Waals surface area (Å²) >= 11 is 0. The predicted octanol–water partition coefficient (Wildman–Crippen LogP) is 1.57. The third-order valence-electron chi connectivity index (χ3n) is 6.49. The first kappa shape index (κ1) is 25.7. The number of likely N-dealkylation sites (tertiary alicyclic amines) is 1. The van der Waals surface area contributed by atoms with E-state index in [2.05, 4.69) is 15.7 Å². The maximum atomic E-state index is 12.1. The maximum absolute atomic E-state index is 12.1. The molecule has 0 spiro atoms. The monoisotopic (exact) mass is 500 g/mol. The van der Waals surface area contributed by atoms with E-state index in [4.69, 9.17) is 20.0 Å². The van der Waals surface area contributed by atoms with Crippen molar-refractivity contribution >= 4 is 23.4 Å². The Kier molecular flexibility index (Phi) is 7.65. The molecule has 11 nitrogen and oxygen atoms in total. The van der Waals surface area contributed by atoms with Crippen LogP contribution in [0.4, 0.5) is 16.2 Å². The van der Waals surface area contributed by atoms with Crippen LogP contribution >= 0.6 is 0 Å². The van der Waals surface area contributed by atoms with Gasteiger partial charge in [0.15, 0.2) is 0 Å². The number of cyclic esters (lactones) is 1. The van der Waals surface area contributed by atoms with Gasteiger partial charge in [0.05, 0.1) is 11.4 Å². The van der Waals surface area contributed by atoms with Crippen LogP contribution in [0.25, 0.3) is 0 Å².